The fourth-order valence-corrected chi connectivity index (χ4v) is 2.37. The number of aromatic nitrogens is 1. The number of nitrogens with zero attached hydrogens (tertiary/aromatic N) is 1. The van der Waals surface area contributed by atoms with Gasteiger partial charge in [0, 0.05) is 31.0 Å². The number of rotatable bonds is 7. The molecule has 2 aromatic carbocycles. The summed E-state index contributed by atoms with van der Waals surface area (Å²) >= 11 is 0. The number of halogens is 2. The van der Waals surface area contributed by atoms with E-state index in [0.717, 1.165) is 23.4 Å². The molecule has 0 unspecified atom stereocenters. The molecule has 0 radical (unpaired) electrons. The predicted molar refractivity (Wildman–Crippen MR) is 92.0 cm³/mol. The second kappa shape index (κ2) is 9.77. The number of pyridine rings is 1. The molecular weight excluding hydrogens is 339 g/mol. The molecule has 0 aliphatic rings. The molecule has 0 fully saturated rings. The van der Waals surface area contributed by atoms with Crippen molar-refractivity contribution in [3.05, 3.63) is 95.6 Å². The van der Waals surface area contributed by atoms with Crippen molar-refractivity contribution in [2.75, 3.05) is 0 Å². The van der Waals surface area contributed by atoms with Gasteiger partial charge in [-0.3, -0.25) is 4.98 Å². The normalized spacial score (nSPS) is 10.1. The number of hydrogen-bond donors (Lipinski definition) is 1. The second-order valence-electron chi connectivity index (χ2n) is 5.48. The van der Waals surface area contributed by atoms with Crippen molar-refractivity contribution in [3.63, 3.8) is 0 Å². The van der Waals surface area contributed by atoms with Crippen molar-refractivity contribution in [2.45, 2.75) is 19.7 Å². The van der Waals surface area contributed by atoms with E-state index in [1.807, 2.05) is 36.4 Å². The molecule has 0 saturated heterocycles. The molecule has 1 N–H and O–H groups in total. The molecule has 0 atom stereocenters. The molecule has 0 saturated carbocycles. The fraction of sp³-hybridized carbons (Fsp3) is 0.150. The van der Waals surface area contributed by atoms with E-state index >= 15 is 0 Å². The first-order valence-corrected chi connectivity index (χ1v) is 7.86. The quantitative estimate of drug-likeness (QED) is 0.687. The molecule has 0 spiro atoms. The van der Waals surface area contributed by atoms with Gasteiger partial charge in [-0.2, -0.15) is 0 Å². The van der Waals surface area contributed by atoms with Gasteiger partial charge in [0.25, 0.3) is 0 Å². The van der Waals surface area contributed by atoms with E-state index in [1.165, 1.54) is 17.7 Å². The van der Waals surface area contributed by atoms with Gasteiger partial charge >= 0.3 is 0 Å². The fourth-order valence-electron chi connectivity index (χ4n) is 2.37. The Kier molecular flexibility index (Phi) is 7.38. The Balaban J connectivity index is 0.00000225. The van der Waals surface area contributed by atoms with Gasteiger partial charge in [-0.1, -0.05) is 30.3 Å². The van der Waals surface area contributed by atoms with Crippen molar-refractivity contribution < 1.29 is 21.5 Å². The average Bonchev–Trinajstić information content (AvgIpc) is 2.63. The molecule has 1 aromatic heterocycles. The van der Waals surface area contributed by atoms with Gasteiger partial charge < -0.3 is 22.5 Å². The molecule has 130 valence electrons. The van der Waals surface area contributed by atoms with E-state index < -0.39 is 0 Å². The van der Waals surface area contributed by atoms with Crippen LogP contribution in [-0.2, 0) is 19.7 Å². The van der Waals surface area contributed by atoms with Crippen LogP contribution in [0.1, 0.15) is 16.7 Å². The summed E-state index contributed by atoms with van der Waals surface area (Å²) < 4.78 is 18.8. The Morgan fingerprint density at radius 3 is 2.32 bits per heavy atom. The highest BCUT2D eigenvalue weighted by molar-refractivity contribution is 5.33. The summed E-state index contributed by atoms with van der Waals surface area (Å²) in [6, 6.07) is 18.3. The third-order valence-corrected chi connectivity index (χ3v) is 3.67. The lowest BCUT2D eigenvalue weighted by Gasteiger charge is -2.12. The second-order valence-corrected chi connectivity index (χ2v) is 5.48. The molecule has 0 aliphatic heterocycles. The maximum absolute atomic E-state index is 12.9. The molecule has 3 aromatic rings. The molecule has 0 bridgehead atoms. The molecule has 0 aliphatic carbocycles. The molecule has 1 heterocycles. The lowest BCUT2D eigenvalue weighted by Crippen LogP contribution is -3.00. The maximum Gasteiger partial charge on any atom is 0.124 e. The molecule has 0 amide bonds. The van der Waals surface area contributed by atoms with Crippen molar-refractivity contribution in [1.82, 2.24) is 10.3 Å². The van der Waals surface area contributed by atoms with E-state index in [0.29, 0.717) is 13.2 Å². The zero-order valence-corrected chi connectivity index (χ0v) is 14.4. The average molecular weight is 358 g/mol. The zero-order valence-electron chi connectivity index (χ0n) is 13.7. The van der Waals surface area contributed by atoms with E-state index in [4.69, 9.17) is 4.74 Å². The zero-order chi connectivity index (χ0) is 16.6. The summed E-state index contributed by atoms with van der Waals surface area (Å²) in [6.07, 6.45) is 3.58. The highest BCUT2D eigenvalue weighted by Gasteiger charge is 2.04. The lowest BCUT2D eigenvalue weighted by molar-refractivity contribution is -0.00000586. The summed E-state index contributed by atoms with van der Waals surface area (Å²) in [5.41, 5.74) is 3.22. The molecule has 5 heteroatoms. The Morgan fingerprint density at radius 2 is 1.56 bits per heavy atom. The van der Waals surface area contributed by atoms with Crippen LogP contribution >= 0.6 is 0 Å². The van der Waals surface area contributed by atoms with Crippen LogP contribution in [0.3, 0.4) is 0 Å². The lowest BCUT2D eigenvalue weighted by atomic mass is 10.2. The van der Waals surface area contributed by atoms with Gasteiger partial charge in [0.2, 0.25) is 0 Å². The smallest absolute Gasteiger partial charge is 0.124 e. The molecule has 3 nitrogen and oxygen atoms in total. The van der Waals surface area contributed by atoms with E-state index in [1.54, 1.807) is 24.5 Å². The van der Waals surface area contributed by atoms with E-state index in [2.05, 4.69) is 10.3 Å². The number of para-hydroxylation sites is 1. The first-order chi connectivity index (χ1) is 11.8. The van der Waals surface area contributed by atoms with Crippen LogP contribution in [0.25, 0.3) is 0 Å². The van der Waals surface area contributed by atoms with E-state index in [9.17, 15) is 4.39 Å². The first kappa shape index (κ1) is 18.9. The van der Waals surface area contributed by atoms with Gasteiger partial charge in [0.05, 0.1) is 0 Å². The van der Waals surface area contributed by atoms with Crippen LogP contribution in [0.2, 0.25) is 0 Å². The Labute approximate surface area is 153 Å². The maximum atomic E-state index is 12.9. The molecule has 3 rings (SSSR count). The van der Waals surface area contributed by atoms with Crippen molar-refractivity contribution >= 4 is 0 Å². The summed E-state index contributed by atoms with van der Waals surface area (Å²) in [5, 5.41) is 3.41. The van der Waals surface area contributed by atoms with Crippen molar-refractivity contribution in [1.29, 1.82) is 0 Å². The first-order valence-electron chi connectivity index (χ1n) is 7.86. The SMILES string of the molecule is Fc1ccc(COc2ccccc2CNCc2ccncc2)cc1.[Cl-]. The standard InChI is InChI=1S/C20H19FN2O.ClH/c21-19-7-5-17(6-8-19)15-24-20-4-2-1-3-18(20)14-23-13-16-9-11-22-12-10-16;/h1-12,23H,13-15H2;1H/p-1. The third kappa shape index (κ3) is 5.85. The van der Waals surface area contributed by atoms with Gasteiger partial charge in [0.1, 0.15) is 18.2 Å². The molecule has 25 heavy (non-hydrogen) atoms. The van der Waals surface area contributed by atoms with Crippen LogP contribution < -0.4 is 22.5 Å². The van der Waals surface area contributed by atoms with Gasteiger partial charge in [-0.05, 0) is 41.5 Å². The Hall–Kier alpha value is -2.43. The number of nitrogens with one attached hydrogen (secondary N) is 1. The number of ether oxygens (including phenoxy) is 1. The Morgan fingerprint density at radius 1 is 0.840 bits per heavy atom. The van der Waals surface area contributed by atoms with Crippen LogP contribution in [0.15, 0.2) is 73.1 Å². The molecular formula is C20H19ClFN2O-. The highest BCUT2D eigenvalue weighted by atomic mass is 35.5. The minimum absolute atomic E-state index is 0. The van der Waals surface area contributed by atoms with Gasteiger partial charge in [0.15, 0.2) is 0 Å². The minimum Gasteiger partial charge on any atom is -1.00 e. The van der Waals surface area contributed by atoms with Crippen LogP contribution in [0.4, 0.5) is 4.39 Å². The largest absolute Gasteiger partial charge is 1.00 e. The van der Waals surface area contributed by atoms with Crippen molar-refractivity contribution in [2.24, 2.45) is 0 Å². The summed E-state index contributed by atoms with van der Waals surface area (Å²) in [4.78, 5) is 4.01. The Bertz CT molecular complexity index is 766. The summed E-state index contributed by atoms with van der Waals surface area (Å²) in [7, 11) is 0. The topological polar surface area (TPSA) is 34.1 Å². The monoisotopic (exact) mass is 357 g/mol. The van der Waals surface area contributed by atoms with E-state index in [-0.39, 0.29) is 18.2 Å². The van der Waals surface area contributed by atoms with Gasteiger partial charge in [-0.15, -0.1) is 0 Å². The summed E-state index contributed by atoms with van der Waals surface area (Å²) in [6.45, 7) is 1.90. The van der Waals surface area contributed by atoms with Crippen LogP contribution in [-0.4, -0.2) is 4.98 Å². The third-order valence-electron chi connectivity index (χ3n) is 3.67. The van der Waals surface area contributed by atoms with Crippen LogP contribution in [0, 0.1) is 5.82 Å². The number of benzene rings is 2. The van der Waals surface area contributed by atoms with Crippen molar-refractivity contribution in [3.8, 4) is 5.75 Å². The minimum atomic E-state index is -0.237. The number of hydrogen-bond acceptors (Lipinski definition) is 3. The van der Waals surface area contributed by atoms with Crippen LogP contribution in [0.5, 0.6) is 5.75 Å². The van der Waals surface area contributed by atoms with Gasteiger partial charge in [-0.25, -0.2) is 4.39 Å². The highest BCUT2D eigenvalue weighted by Crippen LogP contribution is 2.19. The predicted octanol–water partition coefficient (Wildman–Crippen LogP) is 1.09. The summed E-state index contributed by atoms with van der Waals surface area (Å²) in [5.74, 6) is 0.600.